The van der Waals surface area contributed by atoms with Crippen molar-refractivity contribution in [2.75, 3.05) is 14.2 Å². The molecule has 248 valence electrons. The van der Waals surface area contributed by atoms with Crippen LogP contribution in [0.25, 0.3) is 0 Å². The van der Waals surface area contributed by atoms with Crippen LogP contribution in [0.3, 0.4) is 0 Å². The standard InChI is InChI=1S/2C18H28O4/c2*1-4-5-10-14-12-18(14,2)22-16(19)11-15(17(20)21-3)13-8-6-7-9-13/h2*4,13-15H,1,5-12H2,2-3H3/t14-,15+,18-;14-,15-,18-/m10/s1. The maximum Gasteiger partial charge on any atom is 0.309 e. The quantitative estimate of drug-likeness (QED) is 0.101. The minimum Gasteiger partial charge on any atom is -0.469 e. The maximum absolute atomic E-state index is 12.3. The highest BCUT2D eigenvalue weighted by Gasteiger charge is 2.54. The predicted octanol–water partition coefficient (Wildman–Crippen LogP) is 7.29. The Balaban J connectivity index is 0.000000240. The van der Waals surface area contributed by atoms with E-state index in [4.69, 9.17) is 18.9 Å². The van der Waals surface area contributed by atoms with Gasteiger partial charge in [0.05, 0.1) is 38.9 Å². The molecule has 4 rings (SSSR count). The van der Waals surface area contributed by atoms with Crippen molar-refractivity contribution >= 4 is 23.9 Å². The van der Waals surface area contributed by atoms with Crippen molar-refractivity contribution in [2.45, 2.75) is 128 Å². The smallest absolute Gasteiger partial charge is 0.309 e. The molecule has 0 spiro atoms. The van der Waals surface area contributed by atoms with Gasteiger partial charge < -0.3 is 18.9 Å². The molecule has 4 saturated carbocycles. The monoisotopic (exact) mass is 616 g/mol. The molecule has 44 heavy (non-hydrogen) atoms. The zero-order chi connectivity index (χ0) is 32.3. The first kappa shape index (κ1) is 35.8. The summed E-state index contributed by atoms with van der Waals surface area (Å²) in [6.07, 6.45) is 18.4. The first-order valence-electron chi connectivity index (χ1n) is 16.8. The van der Waals surface area contributed by atoms with E-state index in [9.17, 15) is 19.2 Å². The van der Waals surface area contributed by atoms with Gasteiger partial charge in [0.2, 0.25) is 0 Å². The summed E-state index contributed by atoms with van der Waals surface area (Å²) in [5, 5.41) is 0. The number of allylic oxidation sites excluding steroid dienone is 2. The molecule has 0 bridgehead atoms. The van der Waals surface area contributed by atoms with E-state index in [0.717, 1.165) is 89.9 Å². The van der Waals surface area contributed by atoms with Crippen LogP contribution in [0, 0.1) is 35.5 Å². The largest absolute Gasteiger partial charge is 0.469 e. The first-order valence-corrected chi connectivity index (χ1v) is 16.8. The Morgan fingerprint density at radius 3 is 1.32 bits per heavy atom. The highest BCUT2D eigenvalue weighted by molar-refractivity contribution is 5.81. The molecule has 6 atom stereocenters. The molecule has 4 fully saturated rings. The Hall–Kier alpha value is -2.64. The molecule has 4 aliphatic rings. The van der Waals surface area contributed by atoms with Gasteiger partial charge in [-0.05, 0) is 89.9 Å². The molecule has 4 aliphatic carbocycles. The summed E-state index contributed by atoms with van der Waals surface area (Å²) in [5.74, 6) is -0.345. The number of methoxy groups -OCH3 is 2. The molecule has 0 aromatic rings. The zero-order valence-corrected chi connectivity index (χ0v) is 27.6. The molecule has 0 N–H and O–H groups in total. The number of carbonyl (C=O) groups is 4. The normalized spacial score (nSPS) is 28.9. The summed E-state index contributed by atoms with van der Waals surface area (Å²) in [6.45, 7) is 11.4. The number of rotatable bonds is 16. The van der Waals surface area contributed by atoms with E-state index in [1.807, 2.05) is 26.0 Å². The number of hydrogen-bond donors (Lipinski definition) is 0. The van der Waals surface area contributed by atoms with E-state index in [-0.39, 0.29) is 71.6 Å². The van der Waals surface area contributed by atoms with Gasteiger partial charge in [0.25, 0.3) is 0 Å². The molecule has 0 amide bonds. The van der Waals surface area contributed by atoms with Crippen molar-refractivity contribution in [3.05, 3.63) is 25.3 Å². The minimum absolute atomic E-state index is 0.154. The third kappa shape index (κ3) is 10.2. The van der Waals surface area contributed by atoms with Gasteiger partial charge in [0.15, 0.2) is 0 Å². The fraction of sp³-hybridized carbons (Fsp3) is 0.778. The molecule has 8 nitrogen and oxygen atoms in total. The molecular formula is C36H56O8. The average molecular weight is 617 g/mol. The van der Waals surface area contributed by atoms with E-state index in [2.05, 4.69) is 13.2 Å². The van der Waals surface area contributed by atoms with E-state index >= 15 is 0 Å². The number of esters is 4. The van der Waals surface area contributed by atoms with Crippen molar-refractivity contribution < 1.29 is 38.1 Å². The number of ether oxygens (including phenoxy) is 4. The van der Waals surface area contributed by atoms with Crippen molar-refractivity contribution in [1.82, 2.24) is 0 Å². The lowest BCUT2D eigenvalue weighted by molar-refractivity contribution is -0.159. The molecule has 0 unspecified atom stereocenters. The maximum atomic E-state index is 12.3. The SMILES string of the molecule is C=CCC[C@@H]1C[C@@]1(C)OC(=O)C[C@H](C(=O)OC)C1CCCC1.C=CCC[C@H]1C[C@]1(C)OC(=O)C[C@H](C(=O)OC)C1CCCC1. The van der Waals surface area contributed by atoms with Gasteiger partial charge in [0.1, 0.15) is 11.2 Å². The van der Waals surface area contributed by atoms with Crippen LogP contribution in [0.15, 0.2) is 25.3 Å². The Kier molecular flexibility index (Phi) is 13.5. The van der Waals surface area contributed by atoms with E-state index in [1.165, 1.54) is 14.2 Å². The van der Waals surface area contributed by atoms with Gasteiger partial charge in [0, 0.05) is 11.8 Å². The van der Waals surface area contributed by atoms with Gasteiger partial charge in [-0.1, -0.05) is 37.8 Å². The molecular weight excluding hydrogens is 560 g/mol. The number of hydrogen-bond acceptors (Lipinski definition) is 8. The molecule has 0 radical (unpaired) electrons. The Morgan fingerprint density at radius 1 is 0.682 bits per heavy atom. The van der Waals surface area contributed by atoms with E-state index in [1.54, 1.807) is 0 Å². The summed E-state index contributed by atoms with van der Waals surface area (Å²) >= 11 is 0. The highest BCUT2D eigenvalue weighted by Crippen LogP contribution is 2.51. The second-order valence-corrected chi connectivity index (χ2v) is 13.9. The fourth-order valence-corrected chi connectivity index (χ4v) is 7.43. The highest BCUT2D eigenvalue weighted by atomic mass is 16.6. The molecule has 8 heteroatoms. The van der Waals surface area contributed by atoms with Crippen molar-refractivity contribution in [2.24, 2.45) is 35.5 Å². The average Bonchev–Trinajstić information content (AvgIpc) is 3.53. The third-order valence-electron chi connectivity index (χ3n) is 10.6. The third-order valence-corrected chi connectivity index (χ3v) is 10.6. The minimum atomic E-state index is -0.339. The van der Waals surface area contributed by atoms with Crippen LogP contribution in [0.1, 0.15) is 117 Å². The van der Waals surface area contributed by atoms with Gasteiger partial charge in [-0.2, -0.15) is 0 Å². The molecule has 0 aromatic heterocycles. The van der Waals surface area contributed by atoms with Crippen LogP contribution >= 0.6 is 0 Å². The van der Waals surface area contributed by atoms with Crippen LogP contribution in [0.5, 0.6) is 0 Å². The second-order valence-electron chi connectivity index (χ2n) is 13.9. The lowest BCUT2D eigenvalue weighted by atomic mass is 9.88. The Morgan fingerprint density at radius 2 is 1.02 bits per heavy atom. The van der Waals surface area contributed by atoms with Crippen LogP contribution < -0.4 is 0 Å². The van der Waals surface area contributed by atoms with Crippen LogP contribution in [-0.2, 0) is 38.1 Å². The lowest BCUT2D eigenvalue weighted by Gasteiger charge is -2.21. The van der Waals surface area contributed by atoms with Crippen molar-refractivity contribution in [3.63, 3.8) is 0 Å². The lowest BCUT2D eigenvalue weighted by Crippen LogP contribution is -2.29. The topological polar surface area (TPSA) is 105 Å². The molecule has 0 aliphatic heterocycles. The number of carbonyl (C=O) groups excluding carboxylic acids is 4. The molecule has 0 heterocycles. The van der Waals surface area contributed by atoms with E-state index in [0.29, 0.717) is 11.8 Å². The summed E-state index contributed by atoms with van der Waals surface area (Å²) < 4.78 is 21.1. The van der Waals surface area contributed by atoms with Crippen molar-refractivity contribution in [1.29, 1.82) is 0 Å². The Labute approximate surface area is 264 Å². The summed E-state index contributed by atoms with van der Waals surface area (Å²) in [7, 11) is 2.78. The molecule has 0 saturated heterocycles. The Bertz CT molecular complexity index is 930. The van der Waals surface area contributed by atoms with Gasteiger partial charge in [-0.3, -0.25) is 19.2 Å². The van der Waals surface area contributed by atoms with Crippen molar-refractivity contribution in [3.8, 4) is 0 Å². The van der Waals surface area contributed by atoms with Gasteiger partial charge in [-0.15, -0.1) is 13.2 Å². The molecule has 0 aromatic carbocycles. The van der Waals surface area contributed by atoms with Crippen LogP contribution in [0.2, 0.25) is 0 Å². The van der Waals surface area contributed by atoms with Gasteiger partial charge in [-0.25, -0.2) is 0 Å². The first-order chi connectivity index (χ1) is 21.0. The summed E-state index contributed by atoms with van der Waals surface area (Å²) in [6, 6.07) is 0. The van der Waals surface area contributed by atoms with Crippen LogP contribution in [-0.4, -0.2) is 49.3 Å². The summed E-state index contributed by atoms with van der Waals surface area (Å²) in [4.78, 5) is 48.5. The predicted molar refractivity (Wildman–Crippen MR) is 168 cm³/mol. The van der Waals surface area contributed by atoms with Gasteiger partial charge >= 0.3 is 23.9 Å². The van der Waals surface area contributed by atoms with E-state index < -0.39 is 0 Å². The zero-order valence-electron chi connectivity index (χ0n) is 27.6. The fourth-order valence-electron chi connectivity index (χ4n) is 7.43. The summed E-state index contributed by atoms with van der Waals surface area (Å²) in [5.41, 5.74) is -0.674. The second kappa shape index (κ2) is 16.6. The van der Waals surface area contributed by atoms with Crippen LogP contribution in [0.4, 0.5) is 0 Å².